The first kappa shape index (κ1) is 16.1. The highest BCUT2D eigenvalue weighted by atomic mass is 16.6. The van der Waals surface area contributed by atoms with Gasteiger partial charge in [0.25, 0.3) is 11.6 Å². The fraction of sp³-hybridized carbons (Fsp3) is 0. The lowest BCUT2D eigenvalue weighted by atomic mass is 10.1. The van der Waals surface area contributed by atoms with Crippen molar-refractivity contribution >= 4 is 17.8 Å². The predicted octanol–water partition coefficient (Wildman–Crippen LogP) is 2.75. The lowest BCUT2D eigenvalue weighted by molar-refractivity contribution is -0.384. The van der Waals surface area contributed by atoms with E-state index in [2.05, 4.69) is 20.7 Å². The largest absolute Gasteiger partial charge is 0.277 e. The number of nitro benzene ring substituents is 1. The van der Waals surface area contributed by atoms with Gasteiger partial charge < -0.3 is 0 Å². The Morgan fingerprint density at radius 3 is 2.56 bits per heavy atom. The molecule has 0 spiro atoms. The lowest BCUT2D eigenvalue weighted by Crippen LogP contribution is -2.17. The van der Waals surface area contributed by atoms with Crippen LogP contribution < -0.4 is 5.43 Å². The first-order valence-corrected chi connectivity index (χ1v) is 7.32. The van der Waals surface area contributed by atoms with Crippen LogP contribution in [0.25, 0.3) is 11.3 Å². The van der Waals surface area contributed by atoms with Crippen LogP contribution in [0.15, 0.2) is 65.9 Å². The fourth-order valence-electron chi connectivity index (χ4n) is 2.19. The number of amides is 1. The average Bonchev–Trinajstić information content (AvgIpc) is 3.11. The second kappa shape index (κ2) is 7.18. The number of aromatic nitrogens is 2. The highest BCUT2D eigenvalue weighted by Crippen LogP contribution is 2.19. The van der Waals surface area contributed by atoms with Gasteiger partial charge in [0, 0.05) is 28.8 Å². The number of hydrogen-bond donors (Lipinski definition) is 2. The molecule has 1 amide bonds. The van der Waals surface area contributed by atoms with Crippen LogP contribution in [0.3, 0.4) is 0 Å². The van der Waals surface area contributed by atoms with Crippen molar-refractivity contribution in [3.05, 3.63) is 82.0 Å². The molecule has 0 aliphatic heterocycles. The summed E-state index contributed by atoms with van der Waals surface area (Å²) >= 11 is 0. The van der Waals surface area contributed by atoms with E-state index >= 15 is 0 Å². The van der Waals surface area contributed by atoms with Crippen LogP contribution in [0, 0.1) is 10.1 Å². The molecule has 25 heavy (non-hydrogen) atoms. The van der Waals surface area contributed by atoms with Gasteiger partial charge in [-0.15, -0.1) is 0 Å². The number of carbonyl (C=O) groups excluding carboxylic acids is 1. The van der Waals surface area contributed by atoms with E-state index in [0.29, 0.717) is 0 Å². The molecule has 0 unspecified atom stereocenters. The summed E-state index contributed by atoms with van der Waals surface area (Å²) in [6.45, 7) is 0. The van der Waals surface area contributed by atoms with Crippen molar-refractivity contribution in [1.82, 2.24) is 15.6 Å². The summed E-state index contributed by atoms with van der Waals surface area (Å²) in [5, 5.41) is 21.4. The van der Waals surface area contributed by atoms with Gasteiger partial charge in [0.1, 0.15) is 0 Å². The number of hydrogen-bond acceptors (Lipinski definition) is 5. The van der Waals surface area contributed by atoms with Crippen LogP contribution in [0.2, 0.25) is 0 Å². The maximum absolute atomic E-state index is 12.0. The van der Waals surface area contributed by atoms with Crippen LogP contribution in [0.5, 0.6) is 0 Å². The van der Waals surface area contributed by atoms with Crippen molar-refractivity contribution in [2.45, 2.75) is 0 Å². The number of benzene rings is 2. The molecule has 124 valence electrons. The average molecular weight is 335 g/mol. The van der Waals surface area contributed by atoms with E-state index in [4.69, 9.17) is 0 Å². The van der Waals surface area contributed by atoms with Crippen molar-refractivity contribution in [1.29, 1.82) is 0 Å². The molecule has 0 fully saturated rings. The minimum atomic E-state index is -0.524. The van der Waals surface area contributed by atoms with Crippen molar-refractivity contribution in [3.8, 4) is 11.3 Å². The summed E-state index contributed by atoms with van der Waals surface area (Å²) in [4.78, 5) is 22.1. The smallest absolute Gasteiger partial charge is 0.271 e. The number of carbonyl (C=O) groups is 1. The Kier molecular flexibility index (Phi) is 4.61. The molecule has 1 heterocycles. The highest BCUT2D eigenvalue weighted by molar-refractivity contribution is 5.95. The van der Waals surface area contributed by atoms with Gasteiger partial charge in [-0.05, 0) is 12.1 Å². The van der Waals surface area contributed by atoms with Gasteiger partial charge in [0.05, 0.1) is 23.0 Å². The van der Waals surface area contributed by atoms with E-state index in [1.54, 1.807) is 6.20 Å². The molecule has 1 aromatic heterocycles. The van der Waals surface area contributed by atoms with Gasteiger partial charge in [-0.25, -0.2) is 5.43 Å². The third-order valence-electron chi connectivity index (χ3n) is 3.44. The summed E-state index contributed by atoms with van der Waals surface area (Å²) in [6, 6.07) is 14.9. The molecular weight excluding hydrogens is 322 g/mol. The van der Waals surface area contributed by atoms with Crippen molar-refractivity contribution in [2.75, 3.05) is 0 Å². The topological polar surface area (TPSA) is 113 Å². The summed E-state index contributed by atoms with van der Waals surface area (Å²) in [5.41, 5.74) is 5.03. The zero-order valence-electron chi connectivity index (χ0n) is 12.9. The number of hydrazone groups is 1. The van der Waals surface area contributed by atoms with Crippen LogP contribution >= 0.6 is 0 Å². The number of non-ortho nitro benzene ring substituents is 1. The summed E-state index contributed by atoms with van der Waals surface area (Å²) in [7, 11) is 0. The maximum atomic E-state index is 12.0. The van der Waals surface area contributed by atoms with Gasteiger partial charge in [-0.1, -0.05) is 30.3 Å². The van der Waals surface area contributed by atoms with E-state index in [1.807, 2.05) is 30.3 Å². The van der Waals surface area contributed by atoms with Crippen molar-refractivity contribution in [2.24, 2.45) is 5.10 Å². The normalized spacial score (nSPS) is 10.7. The Balaban J connectivity index is 1.69. The second-order valence-electron chi connectivity index (χ2n) is 5.07. The molecule has 0 bridgehead atoms. The molecule has 2 aromatic carbocycles. The van der Waals surface area contributed by atoms with Crippen LogP contribution in [-0.2, 0) is 0 Å². The predicted molar refractivity (Wildman–Crippen MR) is 92.2 cm³/mol. The number of H-pyrrole nitrogens is 1. The molecule has 0 aliphatic rings. The second-order valence-corrected chi connectivity index (χ2v) is 5.07. The molecule has 8 nitrogen and oxygen atoms in total. The molecule has 0 aliphatic carbocycles. The third kappa shape index (κ3) is 3.75. The SMILES string of the molecule is O=C(N/N=C/c1cn[nH]c1-c1ccccc1)c1ccc([N+](=O)[O-])cc1. The highest BCUT2D eigenvalue weighted by Gasteiger charge is 2.09. The molecule has 3 rings (SSSR count). The van der Waals surface area contributed by atoms with E-state index in [-0.39, 0.29) is 11.3 Å². The minimum absolute atomic E-state index is 0.0778. The summed E-state index contributed by atoms with van der Waals surface area (Å²) in [5.74, 6) is -0.462. The molecule has 0 saturated heterocycles. The maximum Gasteiger partial charge on any atom is 0.271 e. The number of nitro groups is 1. The Labute approximate surface area is 142 Å². The zero-order valence-corrected chi connectivity index (χ0v) is 12.9. The monoisotopic (exact) mass is 335 g/mol. The fourth-order valence-corrected chi connectivity index (χ4v) is 2.19. The van der Waals surface area contributed by atoms with Gasteiger partial charge in [-0.2, -0.15) is 10.2 Å². The molecule has 0 atom stereocenters. The molecule has 2 N–H and O–H groups in total. The summed E-state index contributed by atoms with van der Waals surface area (Å²) < 4.78 is 0. The molecular formula is C17H13N5O3. The summed E-state index contributed by atoms with van der Waals surface area (Å²) in [6.07, 6.45) is 3.08. The Bertz CT molecular complexity index is 917. The number of nitrogens with zero attached hydrogens (tertiary/aromatic N) is 3. The Morgan fingerprint density at radius 2 is 1.88 bits per heavy atom. The van der Waals surface area contributed by atoms with Crippen molar-refractivity contribution in [3.63, 3.8) is 0 Å². The standard InChI is InChI=1S/C17H13N5O3/c23-17(13-6-8-15(9-7-13)22(24)25)21-19-11-14-10-18-20-16(14)12-4-2-1-3-5-12/h1-11H,(H,18,20)(H,21,23)/b19-11+. The van der Waals surface area contributed by atoms with Crippen LogP contribution in [0.1, 0.15) is 15.9 Å². The number of nitrogens with one attached hydrogen (secondary N) is 2. The van der Waals surface area contributed by atoms with Gasteiger partial charge in [-0.3, -0.25) is 20.0 Å². The van der Waals surface area contributed by atoms with E-state index in [1.165, 1.54) is 30.5 Å². The first-order valence-electron chi connectivity index (χ1n) is 7.32. The van der Waals surface area contributed by atoms with Crippen molar-refractivity contribution < 1.29 is 9.72 Å². The zero-order chi connectivity index (χ0) is 17.6. The van der Waals surface area contributed by atoms with Gasteiger partial charge in [0.15, 0.2) is 0 Å². The lowest BCUT2D eigenvalue weighted by Gasteiger charge is -2.00. The van der Waals surface area contributed by atoms with E-state index < -0.39 is 10.8 Å². The van der Waals surface area contributed by atoms with Crippen LogP contribution in [-0.4, -0.2) is 27.2 Å². The minimum Gasteiger partial charge on any atom is -0.277 e. The molecule has 0 saturated carbocycles. The third-order valence-corrected chi connectivity index (χ3v) is 3.44. The van der Waals surface area contributed by atoms with E-state index in [9.17, 15) is 14.9 Å². The number of aromatic amines is 1. The Hall–Kier alpha value is -3.81. The van der Waals surface area contributed by atoms with Gasteiger partial charge in [0.2, 0.25) is 0 Å². The van der Waals surface area contributed by atoms with Crippen LogP contribution in [0.4, 0.5) is 5.69 Å². The molecule has 3 aromatic rings. The first-order chi connectivity index (χ1) is 12.1. The van der Waals surface area contributed by atoms with E-state index in [0.717, 1.165) is 16.8 Å². The molecule has 8 heteroatoms. The quantitative estimate of drug-likeness (QED) is 0.424. The van der Waals surface area contributed by atoms with Gasteiger partial charge >= 0.3 is 0 Å². The number of rotatable bonds is 5. The Morgan fingerprint density at radius 1 is 1.16 bits per heavy atom. The molecule has 0 radical (unpaired) electrons.